The van der Waals surface area contributed by atoms with Gasteiger partial charge < -0.3 is 4.98 Å². The third-order valence-electron chi connectivity index (χ3n) is 5.95. The van der Waals surface area contributed by atoms with Crippen molar-refractivity contribution < 1.29 is 8.42 Å². The minimum Gasteiger partial charge on any atom is -0.357 e. The van der Waals surface area contributed by atoms with Gasteiger partial charge in [-0.05, 0) is 30.2 Å². The summed E-state index contributed by atoms with van der Waals surface area (Å²) in [5, 5.41) is 1.78. The summed E-state index contributed by atoms with van der Waals surface area (Å²) in [6.07, 6.45) is 0. The van der Waals surface area contributed by atoms with Gasteiger partial charge in [0.05, 0.1) is 6.04 Å². The van der Waals surface area contributed by atoms with Crippen LogP contribution in [0.4, 0.5) is 0 Å². The largest absolute Gasteiger partial charge is 0.357 e. The molecule has 154 valence electrons. The molecule has 1 aliphatic rings. The second kappa shape index (κ2) is 7.76. The zero-order chi connectivity index (χ0) is 20.8. The molecule has 3 aromatic rings. The van der Waals surface area contributed by atoms with Crippen molar-refractivity contribution in [3.05, 3.63) is 70.4 Å². The first-order valence-corrected chi connectivity index (χ1v) is 11.8. The quantitative estimate of drug-likeness (QED) is 0.623. The molecule has 0 saturated heterocycles. The molecule has 0 fully saturated rings. The summed E-state index contributed by atoms with van der Waals surface area (Å²) in [6.45, 7) is 6.94. The molecule has 0 bridgehead atoms. The summed E-state index contributed by atoms with van der Waals surface area (Å²) in [7, 11) is -3.60. The van der Waals surface area contributed by atoms with Crippen LogP contribution < -0.4 is 0 Å². The van der Waals surface area contributed by atoms with Crippen LogP contribution in [0.5, 0.6) is 0 Å². The van der Waals surface area contributed by atoms with Crippen molar-refractivity contribution in [2.24, 2.45) is 0 Å². The summed E-state index contributed by atoms with van der Waals surface area (Å²) < 4.78 is 30.0. The van der Waals surface area contributed by atoms with E-state index in [2.05, 4.69) is 11.1 Å². The van der Waals surface area contributed by atoms with Crippen LogP contribution in [0.25, 0.3) is 10.9 Å². The van der Waals surface area contributed by atoms with E-state index in [1.165, 1.54) is 4.31 Å². The number of hydrogen-bond donors (Lipinski definition) is 1. The van der Waals surface area contributed by atoms with Gasteiger partial charge in [-0.15, -0.1) is 0 Å². The highest BCUT2D eigenvalue weighted by Crippen LogP contribution is 2.45. The van der Waals surface area contributed by atoms with Crippen LogP contribution in [0.2, 0.25) is 5.02 Å². The summed E-state index contributed by atoms with van der Waals surface area (Å²) in [5.74, 6) is -0.142. The molecule has 29 heavy (non-hydrogen) atoms. The molecule has 0 radical (unpaired) electrons. The smallest absolute Gasteiger partial charge is 0.282 e. The maximum atomic E-state index is 13.5. The number of fused-ring (bicyclic) bond motifs is 3. The van der Waals surface area contributed by atoms with Gasteiger partial charge in [0.1, 0.15) is 0 Å². The minimum atomic E-state index is -3.60. The molecule has 1 aliphatic heterocycles. The molecule has 0 amide bonds. The van der Waals surface area contributed by atoms with Crippen LogP contribution in [0.15, 0.2) is 48.5 Å². The van der Waals surface area contributed by atoms with E-state index in [1.54, 1.807) is 4.31 Å². The van der Waals surface area contributed by atoms with E-state index < -0.39 is 10.2 Å². The van der Waals surface area contributed by atoms with Gasteiger partial charge in [0.25, 0.3) is 10.2 Å². The molecule has 0 spiro atoms. The Morgan fingerprint density at radius 1 is 1.10 bits per heavy atom. The molecule has 0 saturated carbocycles. The first kappa shape index (κ1) is 20.4. The number of nitrogens with one attached hydrogen (secondary N) is 1. The van der Waals surface area contributed by atoms with E-state index in [1.807, 2.05) is 63.2 Å². The predicted octanol–water partition coefficient (Wildman–Crippen LogP) is 4.92. The Labute approximate surface area is 177 Å². The van der Waals surface area contributed by atoms with E-state index in [4.69, 9.17) is 11.6 Å². The van der Waals surface area contributed by atoms with Crippen molar-refractivity contribution in [2.45, 2.75) is 32.7 Å². The monoisotopic (exact) mass is 431 g/mol. The minimum absolute atomic E-state index is 0.142. The molecule has 2 heterocycles. The van der Waals surface area contributed by atoms with Crippen molar-refractivity contribution in [2.75, 3.05) is 19.6 Å². The summed E-state index contributed by atoms with van der Waals surface area (Å²) in [4.78, 5) is 3.49. The fourth-order valence-corrected chi connectivity index (χ4v) is 6.53. The lowest BCUT2D eigenvalue weighted by molar-refractivity contribution is 0.277. The lowest BCUT2D eigenvalue weighted by atomic mass is 9.85. The van der Waals surface area contributed by atoms with E-state index >= 15 is 0 Å². The first-order chi connectivity index (χ1) is 13.9. The normalized spacial score (nSPS) is 20.3. The molecular formula is C22H26ClN3O2S. The number of hydrogen-bond acceptors (Lipinski definition) is 2. The SMILES string of the molecule is CCN(CC)S(=O)(=O)N1C[C@@H](c2ccccc2Cl)c2c([nH]c3ccccc23)[C@@H]1C. The van der Waals surface area contributed by atoms with Gasteiger partial charge in [-0.25, -0.2) is 0 Å². The Morgan fingerprint density at radius 2 is 1.76 bits per heavy atom. The molecule has 4 rings (SSSR count). The van der Waals surface area contributed by atoms with Crippen LogP contribution >= 0.6 is 11.6 Å². The highest BCUT2D eigenvalue weighted by Gasteiger charge is 2.42. The number of para-hydroxylation sites is 1. The number of nitrogens with zero attached hydrogens (tertiary/aromatic N) is 2. The Bertz CT molecular complexity index is 1140. The first-order valence-electron chi connectivity index (χ1n) is 10.0. The van der Waals surface area contributed by atoms with Crippen LogP contribution in [-0.2, 0) is 10.2 Å². The maximum absolute atomic E-state index is 13.5. The molecular weight excluding hydrogens is 406 g/mol. The molecule has 1 N–H and O–H groups in total. The van der Waals surface area contributed by atoms with Gasteiger partial charge in [0, 0.05) is 47.2 Å². The molecule has 0 aliphatic carbocycles. The van der Waals surface area contributed by atoms with Crippen molar-refractivity contribution in [3.63, 3.8) is 0 Å². The Hall–Kier alpha value is -1.86. The second-order valence-electron chi connectivity index (χ2n) is 7.41. The average molecular weight is 432 g/mol. The molecule has 5 nitrogen and oxygen atoms in total. The summed E-state index contributed by atoms with van der Waals surface area (Å²) >= 11 is 6.57. The third kappa shape index (κ3) is 3.28. The number of rotatable bonds is 5. The van der Waals surface area contributed by atoms with Crippen LogP contribution in [-0.4, -0.2) is 41.6 Å². The van der Waals surface area contributed by atoms with Gasteiger partial charge in [-0.1, -0.05) is 61.8 Å². The molecule has 0 unspecified atom stereocenters. The standard InChI is InChI=1S/C22H26ClN3O2S/c1-4-25(5-2)29(27,28)26-14-18(16-10-6-8-12-19(16)23)21-17-11-7-9-13-20(17)24-22(21)15(26)3/h6-13,15,18,24H,4-5,14H2,1-3H3/t15-,18-/m0/s1. The van der Waals surface area contributed by atoms with E-state index in [0.717, 1.165) is 27.7 Å². The zero-order valence-electron chi connectivity index (χ0n) is 16.9. The van der Waals surface area contributed by atoms with E-state index in [-0.39, 0.29) is 12.0 Å². The van der Waals surface area contributed by atoms with Gasteiger partial charge in [0.2, 0.25) is 0 Å². The number of halogens is 1. The molecule has 2 atom stereocenters. The highest BCUT2D eigenvalue weighted by molar-refractivity contribution is 7.86. The van der Waals surface area contributed by atoms with Crippen molar-refractivity contribution in [1.82, 2.24) is 13.6 Å². The maximum Gasteiger partial charge on any atom is 0.282 e. The number of benzene rings is 2. The predicted molar refractivity (Wildman–Crippen MR) is 119 cm³/mol. The fraction of sp³-hybridized carbons (Fsp3) is 0.364. The van der Waals surface area contributed by atoms with Gasteiger partial charge in [-0.3, -0.25) is 0 Å². The van der Waals surface area contributed by atoms with Crippen LogP contribution in [0.1, 0.15) is 49.6 Å². The van der Waals surface area contributed by atoms with Gasteiger partial charge in [0.15, 0.2) is 0 Å². The Balaban J connectivity index is 1.94. The van der Waals surface area contributed by atoms with Gasteiger partial charge in [-0.2, -0.15) is 17.0 Å². The highest BCUT2D eigenvalue weighted by atomic mass is 35.5. The average Bonchev–Trinajstić information content (AvgIpc) is 3.10. The summed E-state index contributed by atoms with van der Waals surface area (Å²) in [6, 6.07) is 15.6. The van der Waals surface area contributed by atoms with Crippen molar-refractivity contribution in [3.8, 4) is 0 Å². The zero-order valence-corrected chi connectivity index (χ0v) is 18.5. The Morgan fingerprint density at radius 3 is 2.45 bits per heavy atom. The van der Waals surface area contributed by atoms with Crippen LogP contribution in [0.3, 0.4) is 0 Å². The lowest BCUT2D eigenvalue weighted by Crippen LogP contribution is -2.48. The van der Waals surface area contributed by atoms with Gasteiger partial charge >= 0.3 is 0 Å². The van der Waals surface area contributed by atoms with Crippen molar-refractivity contribution >= 4 is 32.7 Å². The fourth-order valence-electron chi connectivity index (χ4n) is 4.47. The summed E-state index contributed by atoms with van der Waals surface area (Å²) in [5.41, 5.74) is 4.06. The van der Waals surface area contributed by atoms with E-state index in [9.17, 15) is 8.42 Å². The number of aromatic amines is 1. The number of aromatic nitrogens is 1. The van der Waals surface area contributed by atoms with E-state index in [0.29, 0.717) is 24.7 Å². The number of H-pyrrole nitrogens is 1. The third-order valence-corrected chi connectivity index (χ3v) is 8.52. The lowest BCUT2D eigenvalue weighted by Gasteiger charge is -2.39. The topological polar surface area (TPSA) is 56.4 Å². The second-order valence-corrected chi connectivity index (χ2v) is 9.70. The molecule has 1 aromatic heterocycles. The van der Waals surface area contributed by atoms with Crippen molar-refractivity contribution in [1.29, 1.82) is 0 Å². The van der Waals surface area contributed by atoms with Crippen LogP contribution in [0, 0.1) is 0 Å². The molecule has 2 aromatic carbocycles. The molecule has 7 heteroatoms. The Kier molecular flexibility index (Phi) is 5.46.